The van der Waals surface area contributed by atoms with Crippen LogP contribution in [0.4, 0.5) is 0 Å². The SMILES string of the molecule is CC1(C)OB(c2ccc(C3(CO)CCC3)cc2)OC1(C)C.OCC1(c2ccc(Br)cc2)CCC1. The third kappa shape index (κ3) is 4.77. The highest BCUT2D eigenvalue weighted by atomic mass is 79.9. The van der Waals surface area contributed by atoms with Crippen LogP contribution in [0.2, 0.25) is 0 Å². The second-order valence-corrected chi connectivity index (χ2v) is 12.2. The van der Waals surface area contributed by atoms with Crippen LogP contribution in [-0.2, 0) is 20.1 Å². The molecule has 0 bridgehead atoms. The summed E-state index contributed by atoms with van der Waals surface area (Å²) in [6.45, 7) is 8.79. The van der Waals surface area contributed by atoms with Crippen molar-refractivity contribution in [2.75, 3.05) is 13.2 Å². The molecule has 5 rings (SSSR count). The maximum atomic E-state index is 9.66. The van der Waals surface area contributed by atoms with Crippen molar-refractivity contribution in [1.29, 1.82) is 0 Å². The van der Waals surface area contributed by atoms with Crippen LogP contribution in [0, 0.1) is 0 Å². The summed E-state index contributed by atoms with van der Waals surface area (Å²) >= 11 is 3.41. The lowest BCUT2D eigenvalue weighted by atomic mass is 9.64. The summed E-state index contributed by atoms with van der Waals surface area (Å²) in [4.78, 5) is 0. The van der Waals surface area contributed by atoms with E-state index in [9.17, 15) is 10.2 Å². The van der Waals surface area contributed by atoms with E-state index in [1.54, 1.807) is 0 Å². The summed E-state index contributed by atoms with van der Waals surface area (Å²) in [7, 11) is -0.310. The molecule has 0 atom stereocenters. The first-order chi connectivity index (χ1) is 16.1. The van der Waals surface area contributed by atoms with Crippen molar-refractivity contribution in [3.63, 3.8) is 0 Å². The van der Waals surface area contributed by atoms with Crippen molar-refractivity contribution in [1.82, 2.24) is 0 Å². The van der Waals surface area contributed by atoms with Gasteiger partial charge in [-0.3, -0.25) is 0 Å². The van der Waals surface area contributed by atoms with Gasteiger partial charge in [-0.25, -0.2) is 0 Å². The van der Waals surface area contributed by atoms with Gasteiger partial charge in [-0.1, -0.05) is 65.2 Å². The van der Waals surface area contributed by atoms with Gasteiger partial charge in [0.25, 0.3) is 0 Å². The molecule has 2 saturated carbocycles. The number of rotatable bonds is 5. The van der Waals surface area contributed by atoms with Crippen LogP contribution in [0.5, 0.6) is 0 Å². The Morgan fingerprint density at radius 1 is 0.706 bits per heavy atom. The quantitative estimate of drug-likeness (QED) is 0.519. The Bertz CT molecular complexity index is 936. The zero-order valence-corrected chi connectivity index (χ0v) is 22.5. The molecule has 0 amide bonds. The molecule has 1 aliphatic heterocycles. The summed E-state index contributed by atoms with van der Waals surface area (Å²) < 4.78 is 13.2. The van der Waals surface area contributed by atoms with Gasteiger partial charge in [0.15, 0.2) is 0 Å². The zero-order chi connectivity index (χ0) is 24.6. The lowest BCUT2D eigenvalue weighted by Crippen LogP contribution is -2.41. The normalized spacial score (nSPS) is 23.3. The molecule has 0 spiro atoms. The number of benzene rings is 2. The predicted octanol–water partition coefficient (Wildman–Crippen LogP) is 5.26. The maximum absolute atomic E-state index is 9.66. The lowest BCUT2D eigenvalue weighted by Gasteiger charge is -2.41. The van der Waals surface area contributed by atoms with Crippen LogP contribution < -0.4 is 5.46 Å². The van der Waals surface area contributed by atoms with Gasteiger partial charge in [0, 0.05) is 15.3 Å². The highest BCUT2D eigenvalue weighted by molar-refractivity contribution is 9.10. The van der Waals surface area contributed by atoms with E-state index in [1.165, 1.54) is 24.0 Å². The van der Waals surface area contributed by atoms with E-state index in [4.69, 9.17) is 9.31 Å². The minimum atomic E-state index is -0.310. The monoisotopic (exact) mass is 528 g/mol. The zero-order valence-electron chi connectivity index (χ0n) is 20.9. The van der Waals surface area contributed by atoms with Crippen LogP contribution in [0.15, 0.2) is 53.0 Å². The van der Waals surface area contributed by atoms with E-state index in [2.05, 4.69) is 80.0 Å². The average Bonchev–Trinajstić information content (AvgIpc) is 2.97. The van der Waals surface area contributed by atoms with E-state index >= 15 is 0 Å². The number of hydrogen-bond donors (Lipinski definition) is 2. The summed E-state index contributed by atoms with van der Waals surface area (Å²) in [5, 5.41) is 19.0. The Hall–Kier alpha value is -1.18. The number of aliphatic hydroxyl groups is 2. The van der Waals surface area contributed by atoms with Crippen molar-refractivity contribution in [2.45, 2.75) is 88.3 Å². The molecule has 1 saturated heterocycles. The highest BCUT2D eigenvalue weighted by Gasteiger charge is 2.51. The van der Waals surface area contributed by atoms with Crippen LogP contribution in [0.25, 0.3) is 0 Å². The molecule has 2 N–H and O–H groups in total. The van der Waals surface area contributed by atoms with Gasteiger partial charge in [0.1, 0.15) is 0 Å². The summed E-state index contributed by atoms with van der Waals surface area (Å²) in [5.74, 6) is 0. The van der Waals surface area contributed by atoms with E-state index in [-0.39, 0.29) is 42.4 Å². The van der Waals surface area contributed by atoms with Crippen LogP contribution in [0.3, 0.4) is 0 Å². The highest BCUT2D eigenvalue weighted by Crippen LogP contribution is 2.44. The van der Waals surface area contributed by atoms with Crippen LogP contribution >= 0.6 is 15.9 Å². The van der Waals surface area contributed by atoms with Crippen molar-refractivity contribution in [3.8, 4) is 0 Å². The van der Waals surface area contributed by atoms with Crippen molar-refractivity contribution < 1.29 is 19.5 Å². The smallest absolute Gasteiger partial charge is 0.399 e. The van der Waals surface area contributed by atoms with Gasteiger partial charge < -0.3 is 19.5 Å². The minimum absolute atomic E-state index is 0.00549. The summed E-state index contributed by atoms with van der Waals surface area (Å²) in [6, 6.07) is 16.7. The van der Waals surface area contributed by atoms with Crippen molar-refractivity contribution >= 4 is 28.5 Å². The van der Waals surface area contributed by atoms with Gasteiger partial charge in [0.2, 0.25) is 0 Å². The second kappa shape index (κ2) is 9.70. The van der Waals surface area contributed by atoms with Gasteiger partial charge in [-0.2, -0.15) is 0 Å². The molecule has 6 heteroatoms. The molecular weight excluding hydrogens is 491 g/mol. The predicted molar refractivity (Wildman–Crippen MR) is 142 cm³/mol. The molecule has 3 fully saturated rings. The number of halogens is 1. The molecule has 3 aliphatic rings. The maximum Gasteiger partial charge on any atom is 0.494 e. The average molecular weight is 529 g/mol. The van der Waals surface area contributed by atoms with Crippen LogP contribution in [-0.4, -0.2) is 41.7 Å². The molecule has 2 aliphatic carbocycles. The molecule has 4 nitrogen and oxygen atoms in total. The molecule has 0 aromatic heterocycles. The van der Waals surface area contributed by atoms with Gasteiger partial charge in [-0.05, 0) is 82.1 Å². The summed E-state index contributed by atoms with van der Waals surface area (Å²) in [5.41, 5.74) is 3.02. The molecule has 0 radical (unpaired) electrons. The third-order valence-electron chi connectivity index (χ3n) is 8.73. The second-order valence-electron chi connectivity index (χ2n) is 11.3. The van der Waals surface area contributed by atoms with Gasteiger partial charge in [-0.15, -0.1) is 0 Å². The topological polar surface area (TPSA) is 58.9 Å². The Kier molecular flexibility index (Phi) is 7.39. The lowest BCUT2D eigenvalue weighted by molar-refractivity contribution is 0.00578. The van der Waals surface area contributed by atoms with Gasteiger partial charge >= 0.3 is 7.12 Å². The fraction of sp³-hybridized carbons (Fsp3) is 0.571. The fourth-order valence-corrected chi connectivity index (χ4v) is 5.32. The van der Waals surface area contributed by atoms with Crippen molar-refractivity contribution in [3.05, 3.63) is 64.1 Å². The molecule has 2 aromatic carbocycles. The van der Waals surface area contributed by atoms with Crippen molar-refractivity contribution in [2.24, 2.45) is 0 Å². The minimum Gasteiger partial charge on any atom is -0.399 e. The fourth-order valence-electron chi connectivity index (χ4n) is 5.06. The van der Waals surface area contributed by atoms with E-state index < -0.39 is 0 Å². The molecule has 0 unspecified atom stereocenters. The first-order valence-corrected chi connectivity index (χ1v) is 13.3. The van der Waals surface area contributed by atoms with E-state index in [0.29, 0.717) is 0 Å². The number of hydrogen-bond acceptors (Lipinski definition) is 4. The first-order valence-electron chi connectivity index (χ1n) is 12.5. The van der Waals surface area contributed by atoms with E-state index in [1.807, 2.05) is 12.1 Å². The largest absolute Gasteiger partial charge is 0.494 e. The first kappa shape index (κ1) is 25.9. The third-order valence-corrected chi connectivity index (χ3v) is 9.26. The standard InChI is InChI=1S/C17H25BO3.C11H13BrO/c1-15(2)16(3,4)21-18(20-15)14-8-6-13(7-9-14)17(12-19)10-5-11-17;12-10-4-2-9(3-5-10)11(8-13)6-1-7-11/h6-9,19H,5,10-12H2,1-4H3;2-5,13H,1,6-8H2. The molecule has 184 valence electrons. The Morgan fingerprint density at radius 3 is 1.41 bits per heavy atom. The molecular formula is C28H38BBrO4. The molecule has 34 heavy (non-hydrogen) atoms. The Morgan fingerprint density at radius 2 is 1.09 bits per heavy atom. The Balaban J connectivity index is 0.000000180. The Labute approximate surface area is 213 Å². The molecule has 2 aromatic rings. The van der Waals surface area contributed by atoms with Crippen LogP contribution in [0.1, 0.15) is 77.3 Å². The van der Waals surface area contributed by atoms with E-state index in [0.717, 1.165) is 35.6 Å². The molecule has 1 heterocycles. The van der Waals surface area contributed by atoms with Gasteiger partial charge in [0.05, 0.1) is 24.4 Å². The summed E-state index contributed by atoms with van der Waals surface area (Å²) in [6.07, 6.45) is 6.88. The number of aliphatic hydroxyl groups excluding tert-OH is 2.